The van der Waals surface area contributed by atoms with E-state index in [1.165, 1.54) is 0 Å². The van der Waals surface area contributed by atoms with Crippen LogP contribution in [0.5, 0.6) is 5.75 Å². The van der Waals surface area contributed by atoms with E-state index in [9.17, 15) is 4.79 Å². The Labute approximate surface area is 174 Å². The number of halogens is 1. The maximum Gasteiger partial charge on any atom is 0.363 e. The Hall–Kier alpha value is -3.37. The monoisotopic (exact) mass is 403 g/mol. The predicted molar refractivity (Wildman–Crippen MR) is 114 cm³/mol. The Kier molecular flexibility index (Phi) is 5.45. The predicted octanol–water partition coefficient (Wildman–Crippen LogP) is 5.57. The zero-order valence-corrected chi connectivity index (χ0v) is 16.5. The fourth-order valence-electron chi connectivity index (χ4n) is 2.99. The van der Waals surface area contributed by atoms with Gasteiger partial charge in [-0.2, -0.15) is 0 Å². The number of cyclic esters (lactones) is 1. The molecule has 0 fully saturated rings. The van der Waals surface area contributed by atoms with Gasteiger partial charge in [0.15, 0.2) is 5.70 Å². The van der Waals surface area contributed by atoms with E-state index in [0.717, 1.165) is 22.3 Å². The van der Waals surface area contributed by atoms with E-state index in [0.29, 0.717) is 23.3 Å². The van der Waals surface area contributed by atoms with Crippen molar-refractivity contribution in [3.8, 4) is 5.75 Å². The van der Waals surface area contributed by atoms with E-state index < -0.39 is 5.97 Å². The summed E-state index contributed by atoms with van der Waals surface area (Å²) in [5.41, 5.74) is 3.64. The fourth-order valence-corrected chi connectivity index (χ4v) is 3.18. The summed E-state index contributed by atoms with van der Waals surface area (Å²) in [7, 11) is 0. The van der Waals surface area contributed by atoms with Crippen LogP contribution in [0, 0.1) is 6.92 Å². The van der Waals surface area contributed by atoms with E-state index in [1.54, 1.807) is 6.08 Å². The molecule has 1 aliphatic rings. The summed E-state index contributed by atoms with van der Waals surface area (Å²) in [4.78, 5) is 16.7. The van der Waals surface area contributed by atoms with Crippen molar-refractivity contribution < 1.29 is 14.3 Å². The van der Waals surface area contributed by atoms with Crippen LogP contribution >= 0.6 is 11.6 Å². The molecule has 3 aromatic carbocycles. The topological polar surface area (TPSA) is 47.9 Å². The molecule has 0 spiro atoms. The average Bonchev–Trinajstić information content (AvgIpc) is 3.09. The zero-order chi connectivity index (χ0) is 20.2. The standard InChI is InChI=1S/C24H18ClNO3/c1-16-8-2-5-11-19(16)23-26-21(24(27)29-23)14-17-9-4-7-13-22(17)28-15-18-10-3-6-12-20(18)25/h2-14H,15H2,1H3/b21-14-. The van der Waals surface area contributed by atoms with Crippen molar-refractivity contribution in [1.29, 1.82) is 0 Å². The van der Waals surface area contributed by atoms with Gasteiger partial charge in [0.05, 0.1) is 0 Å². The van der Waals surface area contributed by atoms with Crippen molar-refractivity contribution in [2.45, 2.75) is 13.5 Å². The molecule has 0 unspecified atom stereocenters. The number of aliphatic imine (C=N–C) groups is 1. The summed E-state index contributed by atoms with van der Waals surface area (Å²) in [6.07, 6.45) is 1.68. The number of carbonyl (C=O) groups is 1. The molecule has 0 aliphatic carbocycles. The van der Waals surface area contributed by atoms with Crippen LogP contribution < -0.4 is 4.74 Å². The molecule has 4 rings (SSSR count). The third kappa shape index (κ3) is 4.23. The lowest BCUT2D eigenvalue weighted by Crippen LogP contribution is -2.06. The minimum absolute atomic E-state index is 0.233. The molecule has 0 saturated carbocycles. The molecule has 29 heavy (non-hydrogen) atoms. The highest BCUT2D eigenvalue weighted by molar-refractivity contribution is 6.31. The Morgan fingerprint density at radius 2 is 1.72 bits per heavy atom. The Morgan fingerprint density at radius 1 is 1.00 bits per heavy atom. The third-order valence-electron chi connectivity index (χ3n) is 4.55. The van der Waals surface area contributed by atoms with Crippen LogP contribution in [0.3, 0.4) is 0 Å². The molecule has 0 aromatic heterocycles. The highest BCUT2D eigenvalue weighted by atomic mass is 35.5. The molecule has 1 aliphatic heterocycles. The van der Waals surface area contributed by atoms with E-state index >= 15 is 0 Å². The first kappa shape index (κ1) is 19.0. The van der Waals surface area contributed by atoms with Gasteiger partial charge in [0, 0.05) is 21.7 Å². The summed E-state index contributed by atoms with van der Waals surface area (Å²) in [5, 5.41) is 0.648. The van der Waals surface area contributed by atoms with E-state index in [-0.39, 0.29) is 5.70 Å². The van der Waals surface area contributed by atoms with E-state index in [1.807, 2.05) is 79.7 Å². The summed E-state index contributed by atoms with van der Waals surface area (Å²) in [5.74, 6) is 0.463. The Morgan fingerprint density at radius 3 is 2.55 bits per heavy atom. The minimum Gasteiger partial charge on any atom is -0.488 e. The molecule has 0 saturated heterocycles. The SMILES string of the molecule is Cc1ccccc1C1=N/C(=C\c2ccccc2OCc2ccccc2Cl)C(=O)O1. The number of carbonyl (C=O) groups excluding carboxylic acids is 1. The summed E-state index contributed by atoms with van der Waals surface area (Å²) in [6, 6.07) is 22.6. The first-order valence-electron chi connectivity index (χ1n) is 9.15. The largest absolute Gasteiger partial charge is 0.488 e. The molecular formula is C24H18ClNO3. The van der Waals surface area contributed by atoms with Gasteiger partial charge in [-0.25, -0.2) is 9.79 Å². The van der Waals surface area contributed by atoms with Crippen molar-refractivity contribution in [1.82, 2.24) is 0 Å². The maximum atomic E-state index is 12.3. The molecule has 0 radical (unpaired) electrons. The van der Waals surface area contributed by atoms with Crippen LogP contribution in [0.1, 0.15) is 22.3 Å². The molecule has 3 aromatic rings. The minimum atomic E-state index is -0.482. The van der Waals surface area contributed by atoms with E-state index in [4.69, 9.17) is 21.1 Å². The molecule has 4 nitrogen and oxygen atoms in total. The van der Waals surface area contributed by atoms with Gasteiger partial charge in [0.25, 0.3) is 0 Å². The van der Waals surface area contributed by atoms with Gasteiger partial charge >= 0.3 is 5.97 Å². The van der Waals surface area contributed by atoms with Crippen LogP contribution in [-0.4, -0.2) is 11.9 Å². The number of hydrogen-bond acceptors (Lipinski definition) is 4. The van der Waals surface area contributed by atoms with Crippen molar-refractivity contribution >= 4 is 29.5 Å². The third-order valence-corrected chi connectivity index (χ3v) is 4.92. The summed E-state index contributed by atoms with van der Waals surface area (Å²) >= 11 is 6.20. The van der Waals surface area contributed by atoms with Gasteiger partial charge in [-0.15, -0.1) is 0 Å². The Bertz CT molecular complexity index is 1130. The van der Waals surface area contributed by atoms with Gasteiger partial charge < -0.3 is 9.47 Å². The first-order valence-corrected chi connectivity index (χ1v) is 9.53. The number of hydrogen-bond donors (Lipinski definition) is 0. The normalized spacial score (nSPS) is 14.6. The van der Waals surface area contributed by atoms with Gasteiger partial charge in [0.1, 0.15) is 12.4 Å². The Balaban J connectivity index is 1.61. The summed E-state index contributed by atoms with van der Waals surface area (Å²) < 4.78 is 11.3. The van der Waals surface area contributed by atoms with Crippen molar-refractivity contribution in [3.63, 3.8) is 0 Å². The second-order valence-corrected chi connectivity index (χ2v) is 6.98. The molecular weight excluding hydrogens is 386 g/mol. The van der Waals surface area contributed by atoms with Gasteiger partial charge in [-0.3, -0.25) is 0 Å². The highest BCUT2D eigenvalue weighted by Crippen LogP contribution is 2.26. The lowest BCUT2D eigenvalue weighted by Gasteiger charge is -2.10. The van der Waals surface area contributed by atoms with Crippen molar-refractivity contribution in [2.24, 2.45) is 4.99 Å². The maximum absolute atomic E-state index is 12.3. The molecule has 0 amide bonds. The van der Waals surface area contributed by atoms with E-state index in [2.05, 4.69) is 4.99 Å². The molecule has 1 heterocycles. The van der Waals surface area contributed by atoms with Crippen LogP contribution in [0.2, 0.25) is 5.02 Å². The van der Waals surface area contributed by atoms with Crippen LogP contribution in [0.25, 0.3) is 6.08 Å². The highest BCUT2D eigenvalue weighted by Gasteiger charge is 2.25. The fraction of sp³-hybridized carbons (Fsp3) is 0.0833. The van der Waals surface area contributed by atoms with Crippen LogP contribution in [0.4, 0.5) is 0 Å². The number of para-hydroxylation sites is 1. The quantitative estimate of drug-likeness (QED) is 0.413. The lowest BCUT2D eigenvalue weighted by molar-refractivity contribution is -0.129. The summed E-state index contributed by atoms with van der Waals surface area (Å²) in [6.45, 7) is 2.27. The van der Waals surface area contributed by atoms with Gasteiger partial charge in [-0.1, -0.05) is 66.2 Å². The zero-order valence-electron chi connectivity index (χ0n) is 15.8. The van der Waals surface area contributed by atoms with Gasteiger partial charge in [-0.05, 0) is 36.8 Å². The number of rotatable bonds is 5. The average molecular weight is 404 g/mol. The van der Waals surface area contributed by atoms with Gasteiger partial charge in [0.2, 0.25) is 5.90 Å². The molecule has 5 heteroatoms. The first-order chi connectivity index (χ1) is 14.1. The second kappa shape index (κ2) is 8.33. The second-order valence-electron chi connectivity index (χ2n) is 6.57. The number of ether oxygens (including phenoxy) is 2. The number of esters is 1. The lowest BCUT2D eigenvalue weighted by atomic mass is 10.1. The van der Waals surface area contributed by atoms with Crippen molar-refractivity contribution in [3.05, 3.63) is 106 Å². The smallest absolute Gasteiger partial charge is 0.363 e. The van der Waals surface area contributed by atoms with Crippen LogP contribution in [0.15, 0.2) is 83.5 Å². The van der Waals surface area contributed by atoms with Crippen molar-refractivity contribution in [2.75, 3.05) is 0 Å². The molecule has 144 valence electrons. The molecule has 0 atom stereocenters. The molecule has 0 N–H and O–H groups in total. The number of nitrogens with zero attached hydrogens (tertiary/aromatic N) is 1. The molecule has 0 bridgehead atoms. The van der Waals surface area contributed by atoms with Crippen LogP contribution in [-0.2, 0) is 16.1 Å². The number of aryl methyl sites for hydroxylation is 1. The number of benzene rings is 3.